The molecule has 0 amide bonds. The van der Waals surface area contributed by atoms with E-state index in [9.17, 15) is 4.39 Å². The van der Waals surface area contributed by atoms with Crippen molar-refractivity contribution in [2.75, 3.05) is 11.9 Å². The van der Waals surface area contributed by atoms with Gasteiger partial charge in [-0.25, -0.2) is 8.91 Å². The van der Waals surface area contributed by atoms with E-state index in [1.807, 2.05) is 13.8 Å². The van der Waals surface area contributed by atoms with Gasteiger partial charge in [0.2, 0.25) is 5.95 Å². The average Bonchev–Trinajstić information content (AvgIpc) is 2.58. The normalized spacial score (nSPS) is 12.0. The highest BCUT2D eigenvalue weighted by atomic mass is 19.1. The Kier molecular flexibility index (Phi) is 2.51. The number of halogens is 1. The first-order valence-electron chi connectivity index (χ1n) is 5.00. The van der Waals surface area contributed by atoms with E-state index in [2.05, 4.69) is 15.4 Å². The summed E-state index contributed by atoms with van der Waals surface area (Å²) in [5.41, 5.74) is 5.89. The van der Waals surface area contributed by atoms with Crippen LogP contribution in [0.5, 0.6) is 0 Å². The summed E-state index contributed by atoms with van der Waals surface area (Å²) in [6.07, 6.45) is 1.28. The predicted octanol–water partition coefficient (Wildman–Crippen LogP) is 1.02. The fourth-order valence-corrected chi connectivity index (χ4v) is 1.26. The van der Waals surface area contributed by atoms with Crippen molar-refractivity contribution < 1.29 is 4.39 Å². The standard InChI is InChI=1S/C10H14FN5/c1-10(2,6-12)14-9-13-8-4-3-7(11)5-16(8)15-9/h3-5H,6,12H2,1-2H3,(H,14,15). The van der Waals surface area contributed by atoms with E-state index in [4.69, 9.17) is 5.73 Å². The number of fused-ring (bicyclic) bond motifs is 1. The van der Waals surface area contributed by atoms with Crippen molar-refractivity contribution in [2.24, 2.45) is 5.73 Å². The lowest BCUT2D eigenvalue weighted by molar-refractivity contribution is 0.573. The number of hydrogen-bond donors (Lipinski definition) is 2. The first kappa shape index (κ1) is 10.8. The third-order valence-corrected chi connectivity index (χ3v) is 2.26. The molecule has 0 atom stereocenters. The SMILES string of the molecule is CC(C)(CN)Nc1nc2ccc(F)cn2n1. The second-order valence-electron chi connectivity index (χ2n) is 4.30. The molecule has 0 radical (unpaired) electrons. The van der Waals surface area contributed by atoms with Gasteiger partial charge in [-0.3, -0.25) is 0 Å². The molecule has 0 bridgehead atoms. The van der Waals surface area contributed by atoms with Crippen molar-refractivity contribution in [3.63, 3.8) is 0 Å². The molecular formula is C10H14FN5. The third-order valence-electron chi connectivity index (χ3n) is 2.26. The highest BCUT2D eigenvalue weighted by molar-refractivity contribution is 5.44. The van der Waals surface area contributed by atoms with E-state index >= 15 is 0 Å². The Morgan fingerprint density at radius 3 is 2.94 bits per heavy atom. The Labute approximate surface area is 92.5 Å². The summed E-state index contributed by atoms with van der Waals surface area (Å²) in [4.78, 5) is 4.21. The maximum absolute atomic E-state index is 12.9. The number of pyridine rings is 1. The Balaban J connectivity index is 2.33. The zero-order valence-corrected chi connectivity index (χ0v) is 9.24. The number of rotatable bonds is 3. The van der Waals surface area contributed by atoms with Gasteiger partial charge >= 0.3 is 0 Å². The molecule has 3 N–H and O–H groups in total. The second-order valence-corrected chi connectivity index (χ2v) is 4.30. The van der Waals surface area contributed by atoms with Crippen LogP contribution in [-0.4, -0.2) is 26.7 Å². The molecule has 0 aromatic carbocycles. The van der Waals surface area contributed by atoms with E-state index in [1.165, 1.54) is 16.8 Å². The van der Waals surface area contributed by atoms with Crippen molar-refractivity contribution in [3.05, 3.63) is 24.1 Å². The lowest BCUT2D eigenvalue weighted by Gasteiger charge is -2.22. The average molecular weight is 223 g/mol. The van der Waals surface area contributed by atoms with Crippen LogP contribution >= 0.6 is 0 Å². The maximum Gasteiger partial charge on any atom is 0.243 e. The van der Waals surface area contributed by atoms with E-state index in [-0.39, 0.29) is 11.4 Å². The van der Waals surface area contributed by atoms with Gasteiger partial charge in [-0.2, -0.15) is 4.98 Å². The Hall–Kier alpha value is -1.69. The number of nitrogens with two attached hydrogens (primary N) is 1. The van der Waals surface area contributed by atoms with Crippen LogP contribution < -0.4 is 11.1 Å². The number of anilines is 1. The number of nitrogens with one attached hydrogen (secondary N) is 1. The monoisotopic (exact) mass is 223 g/mol. The first-order chi connectivity index (χ1) is 7.50. The molecule has 0 saturated heterocycles. The zero-order chi connectivity index (χ0) is 11.8. The van der Waals surface area contributed by atoms with Gasteiger partial charge in [0, 0.05) is 12.1 Å². The van der Waals surface area contributed by atoms with Gasteiger partial charge in [-0.15, -0.1) is 5.10 Å². The lowest BCUT2D eigenvalue weighted by Crippen LogP contribution is -2.39. The van der Waals surface area contributed by atoms with Crippen LogP contribution in [0, 0.1) is 5.82 Å². The fourth-order valence-electron chi connectivity index (χ4n) is 1.26. The molecule has 2 aromatic heterocycles. The van der Waals surface area contributed by atoms with E-state index in [1.54, 1.807) is 6.07 Å². The molecule has 0 spiro atoms. The molecule has 0 aliphatic rings. The van der Waals surface area contributed by atoms with Gasteiger partial charge in [0.25, 0.3) is 0 Å². The molecular weight excluding hydrogens is 209 g/mol. The minimum absolute atomic E-state index is 0.288. The summed E-state index contributed by atoms with van der Waals surface area (Å²) in [6.45, 7) is 4.34. The zero-order valence-electron chi connectivity index (χ0n) is 9.24. The molecule has 0 aliphatic carbocycles. The quantitative estimate of drug-likeness (QED) is 0.815. The molecule has 2 aromatic rings. The van der Waals surface area contributed by atoms with Crippen LogP contribution in [0.2, 0.25) is 0 Å². The Bertz CT molecular complexity index is 505. The van der Waals surface area contributed by atoms with Gasteiger partial charge in [0.1, 0.15) is 5.82 Å². The summed E-state index contributed by atoms with van der Waals surface area (Å²) in [6, 6.07) is 2.92. The molecule has 0 aliphatic heterocycles. The largest absolute Gasteiger partial charge is 0.347 e. The second kappa shape index (κ2) is 3.71. The molecule has 2 heterocycles. The molecule has 6 heteroatoms. The van der Waals surface area contributed by atoms with Gasteiger partial charge in [0.05, 0.1) is 6.20 Å². The molecule has 0 unspecified atom stereocenters. The van der Waals surface area contributed by atoms with Crippen LogP contribution in [0.25, 0.3) is 5.65 Å². The number of hydrogen-bond acceptors (Lipinski definition) is 4. The van der Waals surface area contributed by atoms with Gasteiger partial charge in [-0.05, 0) is 26.0 Å². The minimum Gasteiger partial charge on any atom is -0.347 e. The highest BCUT2D eigenvalue weighted by Crippen LogP contribution is 2.11. The minimum atomic E-state index is -0.345. The van der Waals surface area contributed by atoms with E-state index < -0.39 is 0 Å². The maximum atomic E-state index is 12.9. The molecule has 5 nitrogen and oxygen atoms in total. The van der Waals surface area contributed by atoms with E-state index in [0.717, 1.165) is 0 Å². The van der Waals surface area contributed by atoms with Crippen molar-refractivity contribution >= 4 is 11.6 Å². The predicted molar refractivity (Wildman–Crippen MR) is 59.7 cm³/mol. The first-order valence-corrected chi connectivity index (χ1v) is 5.00. The highest BCUT2D eigenvalue weighted by Gasteiger charge is 2.17. The van der Waals surface area contributed by atoms with Gasteiger partial charge in [-0.1, -0.05) is 0 Å². The van der Waals surface area contributed by atoms with E-state index in [0.29, 0.717) is 18.1 Å². The summed E-state index contributed by atoms with van der Waals surface area (Å²) in [5.74, 6) is 0.100. The van der Waals surface area contributed by atoms with Crippen molar-refractivity contribution in [3.8, 4) is 0 Å². The molecule has 86 valence electrons. The number of aromatic nitrogens is 3. The molecule has 16 heavy (non-hydrogen) atoms. The lowest BCUT2D eigenvalue weighted by atomic mass is 10.1. The van der Waals surface area contributed by atoms with Crippen LogP contribution in [-0.2, 0) is 0 Å². The topological polar surface area (TPSA) is 68.2 Å². The van der Waals surface area contributed by atoms with Crippen LogP contribution in [0.4, 0.5) is 10.3 Å². The number of nitrogens with zero attached hydrogens (tertiary/aromatic N) is 3. The van der Waals surface area contributed by atoms with Crippen molar-refractivity contribution in [1.29, 1.82) is 0 Å². The third kappa shape index (κ3) is 2.11. The van der Waals surface area contributed by atoms with Gasteiger partial charge in [0.15, 0.2) is 5.65 Å². The summed E-state index contributed by atoms with van der Waals surface area (Å²) < 4.78 is 14.3. The molecule has 0 fully saturated rings. The van der Waals surface area contributed by atoms with Crippen LogP contribution in [0.1, 0.15) is 13.8 Å². The summed E-state index contributed by atoms with van der Waals surface area (Å²) in [5, 5.41) is 7.19. The summed E-state index contributed by atoms with van der Waals surface area (Å²) >= 11 is 0. The van der Waals surface area contributed by atoms with Gasteiger partial charge < -0.3 is 11.1 Å². The van der Waals surface area contributed by atoms with Crippen LogP contribution in [0.3, 0.4) is 0 Å². The Morgan fingerprint density at radius 2 is 2.25 bits per heavy atom. The smallest absolute Gasteiger partial charge is 0.243 e. The van der Waals surface area contributed by atoms with Crippen molar-refractivity contribution in [1.82, 2.24) is 14.6 Å². The molecule has 2 rings (SSSR count). The molecule has 0 saturated carbocycles. The Morgan fingerprint density at radius 1 is 1.50 bits per heavy atom. The van der Waals surface area contributed by atoms with Crippen LogP contribution in [0.15, 0.2) is 18.3 Å². The van der Waals surface area contributed by atoms with Crippen molar-refractivity contribution in [2.45, 2.75) is 19.4 Å². The fraction of sp³-hybridized carbons (Fsp3) is 0.400. The summed E-state index contributed by atoms with van der Waals surface area (Å²) in [7, 11) is 0.